The summed E-state index contributed by atoms with van der Waals surface area (Å²) >= 11 is 5.81. The van der Waals surface area contributed by atoms with Crippen LogP contribution in [-0.4, -0.2) is 29.2 Å². The third-order valence-corrected chi connectivity index (χ3v) is 1.98. The van der Waals surface area contributed by atoms with Gasteiger partial charge in [-0.15, -0.1) is 11.6 Å². The minimum atomic E-state index is -1.20. The zero-order valence-corrected chi connectivity index (χ0v) is 9.04. The first kappa shape index (κ1) is 12.7. The lowest BCUT2D eigenvalue weighted by Crippen LogP contribution is -2.32. The first-order valence-corrected chi connectivity index (χ1v) is 4.91. The summed E-state index contributed by atoms with van der Waals surface area (Å²) in [6, 6.07) is 0. The molecule has 0 aliphatic carbocycles. The number of rotatable bonds is 5. The largest absolute Gasteiger partial charge is 0.464 e. The van der Waals surface area contributed by atoms with Crippen LogP contribution in [0.25, 0.3) is 0 Å². The first-order valence-electron chi connectivity index (χ1n) is 4.47. The quantitative estimate of drug-likeness (QED) is 0.551. The molecular weight excluding hydrogens is 192 g/mol. The average Bonchev–Trinajstić information content (AvgIpc) is 2.02. The molecule has 0 fully saturated rings. The Labute approximate surface area is 84.0 Å². The number of hydrogen-bond acceptors (Lipinski definition) is 3. The van der Waals surface area contributed by atoms with Crippen molar-refractivity contribution >= 4 is 17.6 Å². The van der Waals surface area contributed by atoms with Gasteiger partial charge in [-0.05, 0) is 19.3 Å². The van der Waals surface area contributed by atoms with E-state index in [1.807, 2.05) is 13.8 Å². The number of aliphatic hydroxyl groups is 1. The van der Waals surface area contributed by atoms with Crippen LogP contribution in [0.5, 0.6) is 0 Å². The van der Waals surface area contributed by atoms with E-state index in [1.165, 1.54) is 0 Å². The zero-order valence-electron chi connectivity index (χ0n) is 8.29. The smallest absolute Gasteiger partial charge is 0.336 e. The number of halogens is 1. The van der Waals surface area contributed by atoms with E-state index in [-0.39, 0.29) is 6.61 Å². The van der Waals surface area contributed by atoms with Gasteiger partial charge in [0.25, 0.3) is 0 Å². The van der Waals surface area contributed by atoms with Crippen LogP contribution >= 0.6 is 11.6 Å². The molecule has 13 heavy (non-hydrogen) atoms. The second-order valence-electron chi connectivity index (χ2n) is 3.34. The van der Waals surface area contributed by atoms with E-state index in [1.54, 1.807) is 6.92 Å². The SMILES string of the molecule is CCOC(=O)[C@H](O)[C@H](Cl)CC(C)C. The van der Waals surface area contributed by atoms with Crippen molar-refractivity contribution in [1.29, 1.82) is 0 Å². The fourth-order valence-electron chi connectivity index (χ4n) is 0.955. The fourth-order valence-corrected chi connectivity index (χ4v) is 1.41. The molecule has 2 atom stereocenters. The Bertz CT molecular complexity index is 159. The highest BCUT2D eigenvalue weighted by molar-refractivity contribution is 6.22. The van der Waals surface area contributed by atoms with Crippen LogP contribution in [0.1, 0.15) is 27.2 Å². The van der Waals surface area contributed by atoms with Crippen LogP contribution in [0.4, 0.5) is 0 Å². The van der Waals surface area contributed by atoms with E-state index in [2.05, 4.69) is 4.74 Å². The lowest BCUT2D eigenvalue weighted by molar-refractivity contribution is -0.153. The monoisotopic (exact) mass is 208 g/mol. The van der Waals surface area contributed by atoms with Crippen LogP contribution in [0.15, 0.2) is 0 Å². The van der Waals surface area contributed by atoms with Gasteiger partial charge in [0.05, 0.1) is 12.0 Å². The molecule has 0 aromatic heterocycles. The number of carbonyl (C=O) groups is 1. The molecule has 0 amide bonds. The topological polar surface area (TPSA) is 46.5 Å². The molecule has 4 heteroatoms. The third kappa shape index (κ3) is 5.11. The Kier molecular flexibility index (Phi) is 6.08. The fraction of sp³-hybridized carbons (Fsp3) is 0.889. The number of hydrogen-bond donors (Lipinski definition) is 1. The van der Waals surface area contributed by atoms with Crippen LogP contribution < -0.4 is 0 Å². The van der Waals surface area contributed by atoms with Gasteiger partial charge in [0.1, 0.15) is 0 Å². The lowest BCUT2D eigenvalue weighted by Gasteiger charge is -2.16. The highest BCUT2D eigenvalue weighted by atomic mass is 35.5. The van der Waals surface area contributed by atoms with Gasteiger partial charge in [-0.25, -0.2) is 4.79 Å². The van der Waals surface area contributed by atoms with Crippen molar-refractivity contribution in [3.05, 3.63) is 0 Å². The molecule has 0 heterocycles. The molecule has 0 spiro atoms. The third-order valence-electron chi connectivity index (χ3n) is 1.57. The molecular formula is C9H17ClO3. The van der Waals surface area contributed by atoms with Gasteiger partial charge < -0.3 is 9.84 Å². The summed E-state index contributed by atoms with van der Waals surface area (Å²) in [5.41, 5.74) is 0. The predicted molar refractivity (Wildman–Crippen MR) is 51.7 cm³/mol. The minimum absolute atomic E-state index is 0.265. The number of esters is 1. The summed E-state index contributed by atoms with van der Waals surface area (Å²) < 4.78 is 4.63. The van der Waals surface area contributed by atoms with Gasteiger partial charge in [-0.1, -0.05) is 13.8 Å². The second-order valence-corrected chi connectivity index (χ2v) is 3.90. The van der Waals surface area contributed by atoms with E-state index in [9.17, 15) is 9.90 Å². The van der Waals surface area contributed by atoms with Gasteiger partial charge in [0.2, 0.25) is 0 Å². The highest BCUT2D eigenvalue weighted by Gasteiger charge is 2.25. The molecule has 3 nitrogen and oxygen atoms in total. The lowest BCUT2D eigenvalue weighted by atomic mass is 10.0. The van der Waals surface area contributed by atoms with Crippen molar-refractivity contribution in [3.63, 3.8) is 0 Å². The average molecular weight is 209 g/mol. The molecule has 78 valence electrons. The summed E-state index contributed by atoms with van der Waals surface area (Å²) in [6.45, 7) is 5.91. The predicted octanol–water partition coefficient (Wildman–Crippen LogP) is 1.56. The van der Waals surface area contributed by atoms with Gasteiger partial charge in [0, 0.05) is 0 Å². The van der Waals surface area contributed by atoms with E-state index < -0.39 is 17.5 Å². The Morgan fingerprint density at radius 1 is 1.54 bits per heavy atom. The van der Waals surface area contributed by atoms with Crippen LogP contribution in [0, 0.1) is 5.92 Å². The summed E-state index contributed by atoms with van der Waals surface area (Å²) in [5, 5.41) is 8.80. The van der Waals surface area contributed by atoms with Crippen molar-refractivity contribution in [2.45, 2.75) is 38.7 Å². The normalized spacial score (nSPS) is 15.5. The minimum Gasteiger partial charge on any atom is -0.464 e. The van der Waals surface area contributed by atoms with E-state index in [0.717, 1.165) is 0 Å². The number of alkyl halides is 1. The van der Waals surface area contributed by atoms with Crippen molar-refractivity contribution in [1.82, 2.24) is 0 Å². The molecule has 0 aliphatic rings. The summed E-state index contributed by atoms with van der Waals surface area (Å²) in [4.78, 5) is 11.0. The molecule has 0 saturated carbocycles. The molecule has 0 rings (SSSR count). The zero-order chi connectivity index (χ0) is 10.4. The van der Waals surface area contributed by atoms with Crippen molar-refractivity contribution in [2.75, 3.05) is 6.61 Å². The Hall–Kier alpha value is -0.280. The summed E-state index contributed by atoms with van der Waals surface area (Å²) in [5.74, 6) is -0.283. The molecule has 0 aromatic rings. The van der Waals surface area contributed by atoms with Crippen LogP contribution in [0.2, 0.25) is 0 Å². The maximum atomic E-state index is 11.0. The van der Waals surface area contributed by atoms with Gasteiger partial charge >= 0.3 is 5.97 Å². The molecule has 0 unspecified atom stereocenters. The number of carbonyl (C=O) groups excluding carboxylic acids is 1. The van der Waals surface area contributed by atoms with Crippen molar-refractivity contribution in [2.24, 2.45) is 5.92 Å². The van der Waals surface area contributed by atoms with Gasteiger partial charge in [-0.3, -0.25) is 0 Å². The molecule has 0 radical (unpaired) electrons. The number of ether oxygens (including phenoxy) is 1. The Balaban J connectivity index is 3.93. The van der Waals surface area contributed by atoms with Gasteiger partial charge in [0.15, 0.2) is 6.10 Å². The van der Waals surface area contributed by atoms with E-state index in [0.29, 0.717) is 12.3 Å². The second kappa shape index (κ2) is 6.22. The molecule has 0 aliphatic heterocycles. The van der Waals surface area contributed by atoms with Gasteiger partial charge in [-0.2, -0.15) is 0 Å². The summed E-state index contributed by atoms with van der Waals surface area (Å²) in [7, 11) is 0. The van der Waals surface area contributed by atoms with Crippen LogP contribution in [-0.2, 0) is 9.53 Å². The summed E-state index contributed by atoms with van der Waals surface area (Å²) in [6.07, 6.45) is -0.606. The first-order chi connectivity index (χ1) is 5.99. The highest BCUT2D eigenvalue weighted by Crippen LogP contribution is 2.15. The number of aliphatic hydroxyl groups excluding tert-OH is 1. The molecule has 1 N–H and O–H groups in total. The van der Waals surface area contributed by atoms with E-state index in [4.69, 9.17) is 11.6 Å². The standard InChI is InChI=1S/C9H17ClO3/c1-4-13-9(12)8(11)7(10)5-6(2)3/h6-8,11H,4-5H2,1-3H3/t7-,8-/m1/s1. The molecule has 0 saturated heterocycles. The van der Waals surface area contributed by atoms with Crippen molar-refractivity contribution < 1.29 is 14.6 Å². The van der Waals surface area contributed by atoms with Crippen LogP contribution in [0.3, 0.4) is 0 Å². The molecule has 0 bridgehead atoms. The Morgan fingerprint density at radius 2 is 2.08 bits per heavy atom. The maximum Gasteiger partial charge on any atom is 0.336 e. The van der Waals surface area contributed by atoms with Crippen molar-refractivity contribution in [3.8, 4) is 0 Å². The maximum absolute atomic E-state index is 11.0. The van der Waals surface area contributed by atoms with E-state index >= 15 is 0 Å². The molecule has 0 aromatic carbocycles. The Morgan fingerprint density at radius 3 is 2.46 bits per heavy atom.